The van der Waals surface area contributed by atoms with Crippen LogP contribution in [0.15, 0.2) is 23.2 Å². The van der Waals surface area contributed by atoms with Gasteiger partial charge in [0.05, 0.1) is 7.11 Å². The predicted octanol–water partition coefficient (Wildman–Crippen LogP) is 2.33. The second-order valence-corrected chi connectivity index (χ2v) is 7.83. The van der Waals surface area contributed by atoms with Crippen LogP contribution in [0.4, 0.5) is 0 Å². The zero-order valence-corrected chi connectivity index (χ0v) is 18.6. The topological polar surface area (TPSA) is 52.1 Å². The van der Waals surface area contributed by atoms with Crippen LogP contribution in [0.25, 0.3) is 0 Å². The average molecular weight is 410 g/mol. The summed E-state index contributed by atoms with van der Waals surface area (Å²) in [6, 6.07) is 5.81. The van der Waals surface area contributed by atoms with Crippen LogP contribution in [-0.2, 0) is 6.42 Å². The maximum Gasteiger partial charge on any atom is 0.190 e. The molecule has 0 aliphatic carbocycles. The Morgan fingerprint density at radius 1 is 1.21 bits per heavy atom. The Morgan fingerprint density at radius 3 is 2.54 bits per heavy atom. The molecule has 1 aliphatic heterocycles. The first kappa shape index (κ1) is 22.8. The molecule has 0 bridgehead atoms. The van der Waals surface area contributed by atoms with E-state index in [1.165, 1.54) is 26.2 Å². The largest absolute Gasteiger partial charge is 0.497 e. The van der Waals surface area contributed by atoms with Gasteiger partial charge in [-0.25, -0.2) is 0 Å². The molecule has 1 saturated heterocycles. The molecule has 1 atom stereocenters. The molecule has 1 fully saturated rings. The van der Waals surface area contributed by atoms with Gasteiger partial charge in [0.1, 0.15) is 5.75 Å². The molecule has 0 aromatic heterocycles. The third kappa shape index (κ3) is 7.49. The van der Waals surface area contributed by atoms with Crippen molar-refractivity contribution in [2.75, 3.05) is 66.5 Å². The Kier molecular flexibility index (Phi) is 9.88. The fraction of sp³-hybridized carbons (Fsp3) is 0.667. The van der Waals surface area contributed by atoms with E-state index in [4.69, 9.17) is 16.3 Å². The van der Waals surface area contributed by atoms with Gasteiger partial charge in [-0.2, -0.15) is 0 Å². The molecule has 0 saturated carbocycles. The van der Waals surface area contributed by atoms with Crippen molar-refractivity contribution in [3.8, 4) is 5.75 Å². The summed E-state index contributed by atoms with van der Waals surface area (Å²) < 4.78 is 5.19. The van der Waals surface area contributed by atoms with Crippen LogP contribution in [0.5, 0.6) is 5.75 Å². The fourth-order valence-corrected chi connectivity index (χ4v) is 3.72. The molecule has 6 nitrogen and oxygen atoms in total. The number of piperazine rings is 1. The molecule has 1 heterocycles. The Bertz CT molecular complexity index is 617. The Balaban J connectivity index is 1.67. The number of guanidine groups is 1. The SMILES string of the molecule is CCN1CCN(CC(C)CNC(=NC)NCCc2ccc(OC)cc2Cl)CC1. The second kappa shape index (κ2) is 12.1. The average Bonchev–Trinajstić information content (AvgIpc) is 2.72. The predicted molar refractivity (Wildman–Crippen MR) is 119 cm³/mol. The quantitative estimate of drug-likeness (QED) is 0.484. The van der Waals surface area contributed by atoms with Crippen molar-refractivity contribution in [3.05, 3.63) is 28.8 Å². The third-order valence-electron chi connectivity index (χ3n) is 5.27. The molecular formula is C21H36ClN5O. The van der Waals surface area contributed by atoms with Gasteiger partial charge in [-0.3, -0.25) is 4.99 Å². The molecule has 28 heavy (non-hydrogen) atoms. The van der Waals surface area contributed by atoms with Crippen LogP contribution < -0.4 is 15.4 Å². The summed E-state index contributed by atoms with van der Waals surface area (Å²) in [6.45, 7) is 13.2. The van der Waals surface area contributed by atoms with Crippen LogP contribution in [0, 0.1) is 5.92 Å². The lowest BCUT2D eigenvalue weighted by Gasteiger charge is -2.35. The summed E-state index contributed by atoms with van der Waals surface area (Å²) in [6.07, 6.45) is 0.834. The fourth-order valence-electron chi connectivity index (χ4n) is 3.46. The summed E-state index contributed by atoms with van der Waals surface area (Å²) in [5.41, 5.74) is 1.10. The maximum absolute atomic E-state index is 6.31. The standard InChI is InChI=1S/C21H36ClN5O/c1-5-26-10-12-27(13-11-26)16-17(2)15-25-21(23-3)24-9-8-18-6-7-19(28-4)14-20(18)22/h6-7,14,17H,5,8-13,15-16H2,1-4H3,(H2,23,24,25). The normalized spacial score (nSPS) is 17.4. The Hall–Kier alpha value is -1.50. The molecular weight excluding hydrogens is 374 g/mol. The minimum atomic E-state index is 0.572. The van der Waals surface area contributed by atoms with Crippen molar-refractivity contribution >= 4 is 17.6 Å². The van der Waals surface area contributed by atoms with Crippen LogP contribution in [0.1, 0.15) is 19.4 Å². The summed E-state index contributed by atoms with van der Waals surface area (Å²) in [5, 5.41) is 7.56. The molecule has 0 spiro atoms. The highest BCUT2D eigenvalue weighted by Crippen LogP contribution is 2.22. The Labute approximate surface area is 175 Å². The molecule has 1 aliphatic rings. The second-order valence-electron chi connectivity index (χ2n) is 7.43. The van der Waals surface area contributed by atoms with E-state index in [2.05, 4.69) is 39.3 Å². The monoisotopic (exact) mass is 409 g/mol. The minimum Gasteiger partial charge on any atom is -0.497 e. The number of benzene rings is 1. The summed E-state index contributed by atoms with van der Waals surface area (Å²) >= 11 is 6.31. The van der Waals surface area contributed by atoms with E-state index in [-0.39, 0.29) is 0 Å². The summed E-state index contributed by atoms with van der Waals surface area (Å²) in [7, 11) is 3.46. The van der Waals surface area contributed by atoms with Crippen LogP contribution in [0.3, 0.4) is 0 Å². The van der Waals surface area contributed by atoms with Crippen molar-refractivity contribution in [3.63, 3.8) is 0 Å². The number of hydrogen-bond acceptors (Lipinski definition) is 4. The molecule has 1 aromatic rings. The smallest absolute Gasteiger partial charge is 0.190 e. The van der Waals surface area contributed by atoms with Gasteiger partial charge in [-0.05, 0) is 36.6 Å². The highest BCUT2D eigenvalue weighted by molar-refractivity contribution is 6.31. The third-order valence-corrected chi connectivity index (χ3v) is 5.62. The van der Waals surface area contributed by atoms with E-state index >= 15 is 0 Å². The number of nitrogens with one attached hydrogen (secondary N) is 2. The molecule has 158 valence electrons. The van der Waals surface area contributed by atoms with E-state index in [1.54, 1.807) is 7.11 Å². The van der Waals surface area contributed by atoms with Crippen molar-refractivity contribution in [1.82, 2.24) is 20.4 Å². The molecule has 1 unspecified atom stereocenters. The lowest BCUT2D eigenvalue weighted by atomic mass is 10.1. The van der Waals surface area contributed by atoms with E-state index in [0.717, 1.165) is 54.9 Å². The van der Waals surface area contributed by atoms with Gasteiger partial charge in [0, 0.05) is 57.9 Å². The van der Waals surface area contributed by atoms with Crippen molar-refractivity contribution in [2.45, 2.75) is 20.3 Å². The van der Waals surface area contributed by atoms with Gasteiger partial charge in [-0.1, -0.05) is 31.5 Å². The van der Waals surface area contributed by atoms with Crippen molar-refractivity contribution in [2.24, 2.45) is 10.9 Å². The zero-order valence-electron chi connectivity index (χ0n) is 17.8. The van der Waals surface area contributed by atoms with Crippen molar-refractivity contribution < 1.29 is 4.74 Å². The highest BCUT2D eigenvalue weighted by Gasteiger charge is 2.17. The number of likely N-dealkylation sites (N-methyl/N-ethyl adjacent to an activating group) is 1. The zero-order chi connectivity index (χ0) is 20.4. The van der Waals surface area contributed by atoms with Gasteiger partial charge in [0.2, 0.25) is 0 Å². The lowest BCUT2D eigenvalue weighted by Crippen LogP contribution is -2.48. The molecule has 7 heteroatoms. The van der Waals surface area contributed by atoms with Gasteiger partial charge in [0.15, 0.2) is 5.96 Å². The number of ether oxygens (including phenoxy) is 1. The number of hydrogen-bond donors (Lipinski definition) is 2. The minimum absolute atomic E-state index is 0.572. The number of nitrogens with zero attached hydrogens (tertiary/aromatic N) is 3. The molecule has 2 rings (SSSR count). The van der Waals surface area contributed by atoms with E-state index in [9.17, 15) is 0 Å². The van der Waals surface area contributed by atoms with E-state index < -0.39 is 0 Å². The van der Waals surface area contributed by atoms with Crippen LogP contribution >= 0.6 is 11.6 Å². The van der Waals surface area contributed by atoms with Gasteiger partial charge in [0.25, 0.3) is 0 Å². The molecule has 0 amide bonds. The highest BCUT2D eigenvalue weighted by atomic mass is 35.5. The van der Waals surface area contributed by atoms with Crippen molar-refractivity contribution in [1.29, 1.82) is 0 Å². The lowest BCUT2D eigenvalue weighted by molar-refractivity contribution is 0.124. The number of aliphatic imine (C=N–C) groups is 1. The molecule has 2 N–H and O–H groups in total. The van der Waals surface area contributed by atoms with Crippen LogP contribution in [0.2, 0.25) is 5.02 Å². The van der Waals surface area contributed by atoms with Gasteiger partial charge >= 0.3 is 0 Å². The molecule has 0 radical (unpaired) electrons. The number of methoxy groups -OCH3 is 1. The summed E-state index contributed by atoms with van der Waals surface area (Å²) in [5.74, 6) is 2.19. The van der Waals surface area contributed by atoms with Crippen LogP contribution in [-0.4, -0.2) is 82.3 Å². The first-order chi connectivity index (χ1) is 13.5. The Morgan fingerprint density at radius 2 is 1.93 bits per heavy atom. The number of halogens is 1. The van der Waals surface area contributed by atoms with Gasteiger partial charge in [-0.15, -0.1) is 0 Å². The maximum atomic E-state index is 6.31. The van der Waals surface area contributed by atoms with E-state index in [0.29, 0.717) is 5.92 Å². The molecule has 1 aromatic carbocycles. The first-order valence-electron chi connectivity index (χ1n) is 10.3. The summed E-state index contributed by atoms with van der Waals surface area (Å²) in [4.78, 5) is 9.41. The first-order valence-corrected chi connectivity index (χ1v) is 10.6. The van der Waals surface area contributed by atoms with E-state index in [1.807, 2.05) is 25.2 Å². The van der Waals surface area contributed by atoms with Gasteiger partial charge < -0.3 is 25.2 Å². The number of rotatable bonds is 9.